The third kappa shape index (κ3) is 2.45. The molecule has 5 heteroatoms. The Morgan fingerprint density at radius 2 is 2.25 bits per heavy atom. The summed E-state index contributed by atoms with van der Waals surface area (Å²) in [4.78, 5) is 0. The van der Waals surface area contributed by atoms with Crippen molar-refractivity contribution in [2.24, 2.45) is 0 Å². The molecule has 1 aromatic carbocycles. The molecule has 20 heavy (non-hydrogen) atoms. The molecule has 1 atom stereocenters. The van der Waals surface area contributed by atoms with E-state index in [0.29, 0.717) is 6.54 Å². The van der Waals surface area contributed by atoms with Crippen LogP contribution >= 0.6 is 0 Å². The first-order chi connectivity index (χ1) is 9.65. The molecule has 1 aliphatic heterocycles. The Balaban J connectivity index is 1.68. The fourth-order valence-corrected chi connectivity index (χ4v) is 2.71. The smallest absolute Gasteiger partial charge is 0.149 e. The van der Waals surface area contributed by atoms with Gasteiger partial charge in [-0.3, -0.25) is 0 Å². The SMILES string of the molecule is Cc1cc(F)ccc1CNC(C)c1nnc2n1CCC2. The molecule has 0 saturated carbocycles. The topological polar surface area (TPSA) is 42.7 Å². The minimum Gasteiger partial charge on any atom is -0.314 e. The van der Waals surface area contributed by atoms with E-state index >= 15 is 0 Å². The highest BCUT2D eigenvalue weighted by atomic mass is 19.1. The Morgan fingerprint density at radius 3 is 3.05 bits per heavy atom. The van der Waals surface area contributed by atoms with E-state index < -0.39 is 0 Å². The predicted octanol–water partition coefficient (Wildman–Crippen LogP) is 2.52. The van der Waals surface area contributed by atoms with Gasteiger partial charge in [0, 0.05) is 19.5 Å². The molecule has 106 valence electrons. The molecule has 1 aliphatic rings. The molecule has 0 fully saturated rings. The van der Waals surface area contributed by atoms with Crippen LogP contribution in [0.15, 0.2) is 18.2 Å². The lowest BCUT2D eigenvalue weighted by Crippen LogP contribution is -2.22. The maximum atomic E-state index is 13.1. The van der Waals surface area contributed by atoms with Crippen molar-refractivity contribution >= 4 is 0 Å². The number of hydrogen-bond donors (Lipinski definition) is 1. The molecule has 0 amide bonds. The van der Waals surface area contributed by atoms with Gasteiger partial charge in [0.1, 0.15) is 17.5 Å². The van der Waals surface area contributed by atoms with Crippen molar-refractivity contribution in [2.75, 3.05) is 0 Å². The molecule has 0 aliphatic carbocycles. The molecule has 0 bridgehead atoms. The summed E-state index contributed by atoms with van der Waals surface area (Å²) in [6.45, 7) is 5.74. The quantitative estimate of drug-likeness (QED) is 0.931. The summed E-state index contributed by atoms with van der Waals surface area (Å²) in [5.74, 6) is 1.90. The summed E-state index contributed by atoms with van der Waals surface area (Å²) < 4.78 is 15.3. The van der Waals surface area contributed by atoms with Crippen LogP contribution < -0.4 is 5.32 Å². The Morgan fingerprint density at radius 1 is 1.40 bits per heavy atom. The van der Waals surface area contributed by atoms with Crippen molar-refractivity contribution in [3.05, 3.63) is 46.8 Å². The van der Waals surface area contributed by atoms with Crippen LogP contribution in [0.3, 0.4) is 0 Å². The van der Waals surface area contributed by atoms with Crippen LogP contribution in [0.25, 0.3) is 0 Å². The number of nitrogens with one attached hydrogen (secondary N) is 1. The summed E-state index contributed by atoms with van der Waals surface area (Å²) in [5, 5.41) is 11.9. The predicted molar refractivity (Wildman–Crippen MR) is 74.7 cm³/mol. The van der Waals surface area contributed by atoms with E-state index in [-0.39, 0.29) is 11.9 Å². The summed E-state index contributed by atoms with van der Waals surface area (Å²) in [6.07, 6.45) is 2.18. The number of nitrogens with zero attached hydrogens (tertiary/aromatic N) is 3. The first-order valence-corrected chi connectivity index (χ1v) is 7.05. The van der Waals surface area contributed by atoms with E-state index in [2.05, 4.69) is 27.0 Å². The van der Waals surface area contributed by atoms with E-state index in [1.54, 1.807) is 6.07 Å². The molecule has 2 heterocycles. The van der Waals surface area contributed by atoms with Crippen molar-refractivity contribution in [3.63, 3.8) is 0 Å². The van der Waals surface area contributed by atoms with Crippen LogP contribution in [0, 0.1) is 12.7 Å². The van der Waals surface area contributed by atoms with Crippen LogP contribution in [-0.2, 0) is 19.5 Å². The number of halogens is 1. The second-order valence-corrected chi connectivity index (χ2v) is 5.40. The normalized spacial score (nSPS) is 15.3. The Hall–Kier alpha value is -1.75. The molecule has 1 N–H and O–H groups in total. The highest BCUT2D eigenvalue weighted by molar-refractivity contribution is 5.26. The molecule has 3 rings (SSSR count). The highest BCUT2D eigenvalue weighted by Crippen LogP contribution is 2.19. The zero-order chi connectivity index (χ0) is 14.1. The van der Waals surface area contributed by atoms with Gasteiger partial charge in [0.25, 0.3) is 0 Å². The standard InChI is InChI=1S/C15H19FN4/c1-10-8-13(16)6-5-12(10)9-17-11(2)15-19-18-14-4-3-7-20(14)15/h5-6,8,11,17H,3-4,7,9H2,1-2H3. The average Bonchev–Trinajstić information content (AvgIpc) is 2.99. The minimum atomic E-state index is -0.186. The zero-order valence-corrected chi connectivity index (χ0v) is 11.9. The van der Waals surface area contributed by atoms with Crippen LogP contribution in [0.5, 0.6) is 0 Å². The maximum Gasteiger partial charge on any atom is 0.149 e. The van der Waals surface area contributed by atoms with Gasteiger partial charge in [0.2, 0.25) is 0 Å². The van der Waals surface area contributed by atoms with Gasteiger partial charge in [-0.2, -0.15) is 0 Å². The summed E-state index contributed by atoms with van der Waals surface area (Å²) in [7, 11) is 0. The highest BCUT2D eigenvalue weighted by Gasteiger charge is 2.20. The number of aryl methyl sites for hydroxylation is 2. The van der Waals surface area contributed by atoms with Gasteiger partial charge in [-0.05, 0) is 43.5 Å². The average molecular weight is 274 g/mol. The van der Waals surface area contributed by atoms with Gasteiger partial charge in [-0.25, -0.2) is 4.39 Å². The van der Waals surface area contributed by atoms with Crippen molar-refractivity contribution < 1.29 is 4.39 Å². The van der Waals surface area contributed by atoms with Crippen molar-refractivity contribution in [3.8, 4) is 0 Å². The van der Waals surface area contributed by atoms with E-state index in [1.165, 1.54) is 6.07 Å². The first-order valence-electron chi connectivity index (χ1n) is 7.05. The van der Waals surface area contributed by atoms with E-state index in [9.17, 15) is 4.39 Å². The van der Waals surface area contributed by atoms with Crippen LogP contribution in [0.1, 0.15) is 42.2 Å². The third-order valence-electron chi connectivity index (χ3n) is 3.93. The third-order valence-corrected chi connectivity index (χ3v) is 3.93. The molecule has 0 spiro atoms. The van der Waals surface area contributed by atoms with E-state index in [1.807, 2.05) is 13.0 Å². The van der Waals surface area contributed by atoms with Crippen molar-refractivity contribution in [1.82, 2.24) is 20.1 Å². The molecule has 2 aromatic rings. The largest absolute Gasteiger partial charge is 0.314 e. The fraction of sp³-hybridized carbons (Fsp3) is 0.467. The molecule has 4 nitrogen and oxygen atoms in total. The molecule has 0 radical (unpaired) electrons. The molecular weight excluding hydrogens is 255 g/mol. The Labute approximate surface area is 118 Å². The van der Waals surface area contributed by atoms with Crippen molar-refractivity contribution in [2.45, 2.75) is 45.8 Å². The van der Waals surface area contributed by atoms with Gasteiger partial charge >= 0.3 is 0 Å². The van der Waals surface area contributed by atoms with Crippen LogP contribution in [0.2, 0.25) is 0 Å². The van der Waals surface area contributed by atoms with E-state index in [0.717, 1.165) is 42.2 Å². The number of fused-ring (bicyclic) bond motifs is 1. The Bertz CT molecular complexity index is 620. The summed E-state index contributed by atoms with van der Waals surface area (Å²) in [5.41, 5.74) is 2.08. The Kier molecular flexibility index (Phi) is 3.53. The molecule has 1 unspecified atom stereocenters. The molecule has 0 saturated heterocycles. The van der Waals surface area contributed by atoms with Gasteiger partial charge in [-0.15, -0.1) is 10.2 Å². The van der Waals surface area contributed by atoms with Gasteiger partial charge in [-0.1, -0.05) is 6.07 Å². The second kappa shape index (κ2) is 5.32. The molecule has 1 aromatic heterocycles. The summed E-state index contributed by atoms with van der Waals surface area (Å²) in [6, 6.07) is 5.04. The lowest BCUT2D eigenvalue weighted by molar-refractivity contribution is 0.514. The van der Waals surface area contributed by atoms with Gasteiger partial charge < -0.3 is 9.88 Å². The number of benzene rings is 1. The first kappa shape index (κ1) is 13.2. The number of aromatic nitrogens is 3. The van der Waals surface area contributed by atoms with Gasteiger partial charge in [0.15, 0.2) is 0 Å². The van der Waals surface area contributed by atoms with Crippen molar-refractivity contribution in [1.29, 1.82) is 0 Å². The number of rotatable bonds is 4. The fourth-order valence-electron chi connectivity index (χ4n) is 2.71. The minimum absolute atomic E-state index is 0.138. The van der Waals surface area contributed by atoms with Crippen LogP contribution in [-0.4, -0.2) is 14.8 Å². The lowest BCUT2D eigenvalue weighted by Gasteiger charge is -2.15. The van der Waals surface area contributed by atoms with E-state index in [4.69, 9.17) is 0 Å². The lowest BCUT2D eigenvalue weighted by atomic mass is 10.1. The molecular formula is C15H19FN4. The zero-order valence-electron chi connectivity index (χ0n) is 11.9. The number of hydrogen-bond acceptors (Lipinski definition) is 3. The monoisotopic (exact) mass is 274 g/mol. The van der Waals surface area contributed by atoms with Gasteiger partial charge in [0.05, 0.1) is 6.04 Å². The second-order valence-electron chi connectivity index (χ2n) is 5.40. The summed E-state index contributed by atoms with van der Waals surface area (Å²) >= 11 is 0. The maximum absolute atomic E-state index is 13.1. The van der Waals surface area contributed by atoms with Crippen LogP contribution in [0.4, 0.5) is 4.39 Å².